The lowest BCUT2D eigenvalue weighted by Crippen LogP contribution is -2.04. The Labute approximate surface area is 502 Å². The summed E-state index contributed by atoms with van der Waals surface area (Å²) in [6.07, 6.45) is 5.67. The molecular weight excluding hydrogens is 1060 g/mol. The van der Waals surface area contributed by atoms with E-state index in [1.165, 1.54) is 0 Å². The van der Waals surface area contributed by atoms with Crippen molar-refractivity contribution >= 4 is 71.3 Å². The molecule has 87 heavy (non-hydrogen) atoms. The zero-order valence-electron chi connectivity index (χ0n) is 47.2. The summed E-state index contributed by atoms with van der Waals surface area (Å²) >= 11 is 0. The number of para-hydroxylation sites is 2. The highest BCUT2D eigenvalue weighted by molar-refractivity contribution is 6.13. The van der Waals surface area contributed by atoms with Crippen LogP contribution in [0.15, 0.2) is 313 Å². The zero-order valence-corrected chi connectivity index (χ0v) is 47.2. The molecule has 4 heterocycles. The topological polar surface area (TPSA) is 69.9 Å². The molecule has 0 saturated heterocycles. The van der Waals surface area contributed by atoms with Crippen molar-refractivity contribution < 1.29 is 8.83 Å². The van der Waals surface area contributed by atoms with E-state index in [2.05, 4.69) is 242 Å². The normalized spacial score (nSPS) is 11.8. The van der Waals surface area contributed by atoms with E-state index in [4.69, 9.17) is 23.8 Å². The van der Waals surface area contributed by atoms with E-state index in [1.54, 1.807) is 6.08 Å². The van der Waals surface area contributed by atoms with Gasteiger partial charge in [-0.15, -0.1) is 0 Å². The van der Waals surface area contributed by atoms with Gasteiger partial charge >= 0.3 is 0 Å². The maximum atomic E-state index is 6.50. The number of furan rings is 2. The van der Waals surface area contributed by atoms with Gasteiger partial charge in [0.15, 0.2) is 17.5 Å². The predicted octanol–water partition coefficient (Wildman–Crippen LogP) is 21.9. The minimum Gasteiger partial charge on any atom is -0.456 e. The highest BCUT2D eigenvalue weighted by atomic mass is 16.3. The molecular formula is C81H52N4O2. The van der Waals surface area contributed by atoms with Crippen molar-refractivity contribution in [3.63, 3.8) is 0 Å². The number of hydrogen-bond acceptors (Lipinski definition) is 5. The van der Waals surface area contributed by atoms with E-state index in [0.29, 0.717) is 17.5 Å². The van der Waals surface area contributed by atoms with Crippen molar-refractivity contribution in [3.8, 4) is 95.5 Å². The van der Waals surface area contributed by atoms with Gasteiger partial charge in [0.2, 0.25) is 0 Å². The SMILES string of the molecule is C=C/C=C(\C=C)c1ccc(-c2cc(-c3nc(-c4ccc5c(c4)oc4ccccc45)nc(-c4ccc5c(c4)oc4ccccc45)n3)cc(-c3ccc(-c4ccccc4)cc3)c2-n2c3ccc(-c4ccccc4)cc3c3cc(-c4ccccc4)ccc32)cc1. The largest absolute Gasteiger partial charge is 0.456 e. The molecule has 0 unspecified atom stereocenters. The van der Waals surface area contributed by atoms with E-state index in [0.717, 1.165) is 155 Å². The molecule has 408 valence electrons. The second-order valence-corrected chi connectivity index (χ2v) is 22.0. The quantitative estimate of drug-likeness (QED) is 0.114. The molecule has 6 nitrogen and oxygen atoms in total. The fraction of sp³-hybridized carbons (Fsp3) is 0. The van der Waals surface area contributed by atoms with Crippen LogP contribution in [0.2, 0.25) is 0 Å². The molecule has 6 heteroatoms. The smallest absolute Gasteiger partial charge is 0.164 e. The molecule has 0 aliphatic rings. The number of hydrogen-bond donors (Lipinski definition) is 0. The Hall–Kier alpha value is -11.7. The molecule has 16 rings (SSSR count). The maximum Gasteiger partial charge on any atom is 0.164 e. The molecule has 12 aromatic carbocycles. The summed E-state index contributed by atoms with van der Waals surface area (Å²) in [5.74, 6) is 1.51. The number of aromatic nitrogens is 4. The van der Waals surface area contributed by atoms with E-state index in [-0.39, 0.29) is 0 Å². The summed E-state index contributed by atoms with van der Waals surface area (Å²) in [6.45, 7) is 8.18. The Morgan fingerprint density at radius 1 is 0.310 bits per heavy atom. The van der Waals surface area contributed by atoms with Gasteiger partial charge in [-0.3, -0.25) is 0 Å². The van der Waals surface area contributed by atoms with Crippen LogP contribution in [-0.4, -0.2) is 19.5 Å². The van der Waals surface area contributed by atoms with E-state index in [9.17, 15) is 0 Å². The van der Waals surface area contributed by atoms with Gasteiger partial charge in [0.25, 0.3) is 0 Å². The van der Waals surface area contributed by atoms with Crippen LogP contribution in [0.1, 0.15) is 5.56 Å². The standard InChI is InChI=1S/C81H52N4O2/c1-3-18-51(4-2)55-29-33-57(34-30-55)68-47-63(81-83-79(61-37-41-66-64-25-14-16-27-74(64)86-76(66)49-61)82-80(84-81)62-38-42-67-65-26-15-17-28-75(65)87-77(67)50-62)48-69(58-35-31-56(32-36-58)52-19-8-5-9-20-52)78(68)85-72-43-39-59(53-21-10-6-11-22-53)45-70(72)71-46-60(40-44-73(71)85)54-23-12-7-13-24-54/h3-50H,1-2H2/b51-18+. The van der Waals surface area contributed by atoms with E-state index < -0.39 is 0 Å². The number of nitrogens with zero attached hydrogens (tertiary/aromatic N) is 4. The molecule has 0 aliphatic heterocycles. The third kappa shape index (κ3) is 9.03. The van der Waals surface area contributed by atoms with Gasteiger partial charge in [-0.2, -0.15) is 0 Å². The first-order valence-electron chi connectivity index (χ1n) is 29.2. The molecule has 0 atom stereocenters. The predicted molar refractivity (Wildman–Crippen MR) is 361 cm³/mol. The second-order valence-electron chi connectivity index (χ2n) is 22.0. The lowest BCUT2D eigenvalue weighted by atomic mass is 9.91. The highest BCUT2D eigenvalue weighted by Gasteiger charge is 2.25. The van der Waals surface area contributed by atoms with Crippen LogP contribution >= 0.6 is 0 Å². The number of allylic oxidation sites excluding steroid dienone is 4. The summed E-state index contributed by atoms with van der Waals surface area (Å²) in [5, 5.41) is 6.42. The average molecular weight is 1110 g/mol. The van der Waals surface area contributed by atoms with Gasteiger partial charge in [0.05, 0.1) is 16.7 Å². The van der Waals surface area contributed by atoms with Crippen LogP contribution in [0.25, 0.3) is 167 Å². The van der Waals surface area contributed by atoms with Gasteiger partial charge in [-0.25, -0.2) is 15.0 Å². The fourth-order valence-corrected chi connectivity index (χ4v) is 12.5. The molecule has 16 aromatic rings. The van der Waals surface area contributed by atoms with Crippen molar-refractivity contribution in [2.24, 2.45) is 0 Å². The Bertz CT molecular complexity index is 5170. The number of fused-ring (bicyclic) bond motifs is 9. The third-order valence-corrected chi connectivity index (χ3v) is 16.8. The van der Waals surface area contributed by atoms with Crippen molar-refractivity contribution in [1.82, 2.24) is 19.5 Å². The molecule has 0 bridgehead atoms. The zero-order chi connectivity index (χ0) is 58.0. The molecule has 4 aromatic heterocycles. The van der Waals surface area contributed by atoms with Gasteiger partial charge < -0.3 is 13.4 Å². The first-order valence-corrected chi connectivity index (χ1v) is 29.2. The van der Waals surface area contributed by atoms with Crippen LogP contribution in [0.5, 0.6) is 0 Å². The summed E-state index contributed by atoms with van der Waals surface area (Å²) in [5.41, 5.74) is 21.5. The second kappa shape index (κ2) is 21.2. The first kappa shape index (κ1) is 51.0. The summed E-state index contributed by atoms with van der Waals surface area (Å²) in [4.78, 5) is 16.3. The molecule has 0 aliphatic carbocycles. The number of benzene rings is 12. The van der Waals surface area contributed by atoms with Crippen LogP contribution in [0, 0.1) is 0 Å². The fourth-order valence-electron chi connectivity index (χ4n) is 12.5. The van der Waals surface area contributed by atoms with Crippen LogP contribution in [-0.2, 0) is 0 Å². The molecule has 0 radical (unpaired) electrons. The lowest BCUT2D eigenvalue weighted by molar-refractivity contribution is 0.668. The van der Waals surface area contributed by atoms with Gasteiger partial charge in [0.1, 0.15) is 22.3 Å². The first-order chi connectivity index (χ1) is 43.0. The average Bonchev–Trinajstić information content (AvgIpc) is 2.04. The molecule has 0 saturated carbocycles. The van der Waals surface area contributed by atoms with Crippen molar-refractivity contribution in [2.45, 2.75) is 0 Å². The molecule has 0 fully saturated rings. The molecule has 0 N–H and O–H groups in total. The van der Waals surface area contributed by atoms with E-state index in [1.807, 2.05) is 60.7 Å². The molecule has 0 spiro atoms. The van der Waals surface area contributed by atoms with Crippen molar-refractivity contribution in [1.29, 1.82) is 0 Å². The van der Waals surface area contributed by atoms with Gasteiger partial charge in [-0.05, 0) is 128 Å². The van der Waals surface area contributed by atoms with Gasteiger partial charge in [-0.1, -0.05) is 232 Å². The Morgan fingerprint density at radius 3 is 1.16 bits per heavy atom. The van der Waals surface area contributed by atoms with Crippen molar-refractivity contribution in [3.05, 3.63) is 310 Å². The Morgan fingerprint density at radius 2 is 0.690 bits per heavy atom. The monoisotopic (exact) mass is 1110 g/mol. The Balaban J connectivity index is 0.996. The van der Waals surface area contributed by atoms with E-state index >= 15 is 0 Å². The third-order valence-electron chi connectivity index (χ3n) is 16.8. The Kier molecular flexibility index (Phi) is 12.4. The summed E-state index contributed by atoms with van der Waals surface area (Å²) < 4.78 is 15.5. The lowest BCUT2D eigenvalue weighted by Gasteiger charge is -2.21. The van der Waals surface area contributed by atoms with Crippen molar-refractivity contribution in [2.75, 3.05) is 0 Å². The minimum absolute atomic E-state index is 0.501. The highest BCUT2D eigenvalue weighted by Crippen LogP contribution is 2.46. The summed E-state index contributed by atoms with van der Waals surface area (Å²) in [7, 11) is 0. The van der Waals surface area contributed by atoms with Crippen LogP contribution in [0.3, 0.4) is 0 Å². The van der Waals surface area contributed by atoms with Gasteiger partial charge in [0, 0.05) is 60.1 Å². The van der Waals surface area contributed by atoms with Crippen LogP contribution < -0.4 is 0 Å². The maximum absolute atomic E-state index is 6.50. The number of rotatable bonds is 12. The summed E-state index contributed by atoms with van der Waals surface area (Å²) in [6, 6.07) is 96.6. The molecule has 0 amide bonds. The minimum atomic E-state index is 0.501. The van der Waals surface area contributed by atoms with Crippen LogP contribution in [0.4, 0.5) is 0 Å².